The van der Waals surface area contributed by atoms with Gasteiger partial charge in [0.2, 0.25) is 0 Å². The van der Waals surface area contributed by atoms with Crippen molar-refractivity contribution >= 4 is 0 Å². The minimum absolute atomic E-state index is 0.126. The fourth-order valence-corrected chi connectivity index (χ4v) is 3.82. The van der Waals surface area contributed by atoms with Crippen LogP contribution in [-0.2, 0) is 13.0 Å². The third-order valence-corrected chi connectivity index (χ3v) is 5.04. The molecule has 0 radical (unpaired) electrons. The summed E-state index contributed by atoms with van der Waals surface area (Å²) in [6.45, 7) is 2.35. The van der Waals surface area contributed by atoms with Crippen LogP contribution in [0.25, 0.3) is 0 Å². The van der Waals surface area contributed by atoms with Crippen LogP contribution >= 0.6 is 0 Å². The molecule has 0 unspecified atom stereocenters. The molecule has 1 saturated carbocycles. The topological polar surface area (TPSA) is 30.5 Å². The number of benzene rings is 1. The molecule has 0 saturated heterocycles. The Kier molecular flexibility index (Phi) is 4.95. The zero-order valence-corrected chi connectivity index (χ0v) is 14.1. The molecule has 1 aromatic rings. The maximum Gasteiger partial charge on any atom is 0.393 e. The van der Waals surface area contributed by atoms with Crippen molar-refractivity contribution in [2.45, 2.75) is 63.9 Å². The van der Waals surface area contributed by atoms with Crippen LogP contribution in [0.5, 0.6) is 11.5 Å². The SMILES string of the molecule is COc1cc2c(cc1CN[C@@H]1CCCC[C@H]1C(F)(F)F)O[C@H](C)C2. The number of ether oxygens (including phenoxy) is 2. The molecule has 0 amide bonds. The average molecular weight is 343 g/mol. The molecule has 3 nitrogen and oxygen atoms in total. The summed E-state index contributed by atoms with van der Waals surface area (Å²) in [5, 5.41) is 3.12. The minimum Gasteiger partial charge on any atom is -0.496 e. The van der Waals surface area contributed by atoms with Gasteiger partial charge in [-0.3, -0.25) is 0 Å². The van der Waals surface area contributed by atoms with Crippen molar-refractivity contribution < 1.29 is 22.6 Å². The van der Waals surface area contributed by atoms with Crippen molar-refractivity contribution in [3.05, 3.63) is 23.3 Å². The van der Waals surface area contributed by atoms with Crippen LogP contribution in [0.3, 0.4) is 0 Å². The first-order valence-electron chi connectivity index (χ1n) is 8.55. The highest BCUT2D eigenvalue weighted by Crippen LogP contribution is 2.39. The van der Waals surface area contributed by atoms with Crippen molar-refractivity contribution in [1.29, 1.82) is 0 Å². The molecule has 1 aliphatic heterocycles. The number of rotatable bonds is 4. The van der Waals surface area contributed by atoms with Crippen LogP contribution in [0.1, 0.15) is 43.7 Å². The van der Waals surface area contributed by atoms with Gasteiger partial charge < -0.3 is 14.8 Å². The molecule has 2 aliphatic rings. The van der Waals surface area contributed by atoms with E-state index in [0.29, 0.717) is 25.1 Å². The van der Waals surface area contributed by atoms with E-state index in [9.17, 15) is 13.2 Å². The maximum absolute atomic E-state index is 13.2. The van der Waals surface area contributed by atoms with Gasteiger partial charge in [-0.05, 0) is 31.9 Å². The molecule has 6 heteroatoms. The van der Waals surface area contributed by atoms with Crippen LogP contribution in [-0.4, -0.2) is 25.4 Å². The van der Waals surface area contributed by atoms with Gasteiger partial charge in [-0.2, -0.15) is 13.2 Å². The molecule has 24 heavy (non-hydrogen) atoms. The summed E-state index contributed by atoms with van der Waals surface area (Å²) in [6, 6.07) is 3.31. The van der Waals surface area contributed by atoms with E-state index in [1.807, 2.05) is 19.1 Å². The number of hydrogen-bond acceptors (Lipinski definition) is 3. The zero-order chi connectivity index (χ0) is 17.3. The smallest absolute Gasteiger partial charge is 0.393 e. The van der Waals surface area contributed by atoms with Gasteiger partial charge in [-0.1, -0.05) is 12.8 Å². The third kappa shape index (κ3) is 3.63. The summed E-state index contributed by atoms with van der Waals surface area (Å²) in [6.07, 6.45) is -0.922. The van der Waals surface area contributed by atoms with Crippen molar-refractivity contribution in [2.24, 2.45) is 5.92 Å². The summed E-state index contributed by atoms with van der Waals surface area (Å²) >= 11 is 0. The quantitative estimate of drug-likeness (QED) is 0.887. The molecule has 134 valence electrons. The first kappa shape index (κ1) is 17.4. The van der Waals surface area contributed by atoms with Gasteiger partial charge in [0.25, 0.3) is 0 Å². The second-order valence-corrected chi connectivity index (χ2v) is 6.82. The van der Waals surface area contributed by atoms with E-state index in [1.165, 1.54) is 0 Å². The van der Waals surface area contributed by atoms with Gasteiger partial charge in [-0.25, -0.2) is 0 Å². The van der Waals surface area contributed by atoms with Crippen LogP contribution in [0.2, 0.25) is 0 Å². The van der Waals surface area contributed by atoms with Gasteiger partial charge >= 0.3 is 6.18 Å². The monoisotopic (exact) mass is 343 g/mol. The first-order chi connectivity index (χ1) is 11.4. The summed E-state index contributed by atoms with van der Waals surface area (Å²) in [7, 11) is 1.59. The average Bonchev–Trinajstić information content (AvgIpc) is 2.90. The molecule has 1 aliphatic carbocycles. The summed E-state index contributed by atoms with van der Waals surface area (Å²) in [5.41, 5.74) is 1.94. The van der Waals surface area contributed by atoms with Crippen molar-refractivity contribution in [3.63, 3.8) is 0 Å². The van der Waals surface area contributed by atoms with E-state index in [4.69, 9.17) is 9.47 Å². The van der Waals surface area contributed by atoms with E-state index in [0.717, 1.165) is 29.7 Å². The first-order valence-corrected chi connectivity index (χ1v) is 8.55. The number of methoxy groups -OCH3 is 1. The predicted molar refractivity (Wildman–Crippen MR) is 85.4 cm³/mol. The van der Waals surface area contributed by atoms with Crippen molar-refractivity contribution in [2.75, 3.05) is 7.11 Å². The van der Waals surface area contributed by atoms with Crippen LogP contribution in [0.15, 0.2) is 12.1 Å². The van der Waals surface area contributed by atoms with Crippen molar-refractivity contribution in [3.8, 4) is 11.5 Å². The predicted octanol–water partition coefficient (Wildman–Crippen LogP) is 4.23. The van der Waals surface area contributed by atoms with E-state index >= 15 is 0 Å². The molecule has 0 spiro atoms. The highest BCUT2D eigenvalue weighted by molar-refractivity contribution is 5.48. The Balaban J connectivity index is 1.73. The standard InChI is InChI=1S/C18H24F3NO2/c1-11-7-12-8-16(23-2)13(9-17(12)24-11)10-22-15-6-4-3-5-14(15)18(19,20)21/h8-9,11,14-15,22H,3-7,10H2,1-2H3/t11-,14-,15-/m1/s1. The number of halogens is 3. The van der Waals surface area contributed by atoms with E-state index < -0.39 is 18.1 Å². The molecular formula is C18H24F3NO2. The van der Waals surface area contributed by atoms with Crippen LogP contribution in [0, 0.1) is 5.92 Å². The lowest BCUT2D eigenvalue weighted by molar-refractivity contribution is -0.189. The summed E-state index contributed by atoms with van der Waals surface area (Å²) in [5.74, 6) is 0.261. The van der Waals surface area contributed by atoms with E-state index in [1.54, 1.807) is 7.11 Å². The molecule has 0 bridgehead atoms. The van der Waals surface area contributed by atoms with Gasteiger partial charge in [-0.15, -0.1) is 0 Å². The van der Waals surface area contributed by atoms with Crippen LogP contribution in [0.4, 0.5) is 13.2 Å². The molecule has 3 atom stereocenters. The Morgan fingerprint density at radius 2 is 2.00 bits per heavy atom. The molecule has 1 aromatic carbocycles. The van der Waals surface area contributed by atoms with Gasteiger partial charge in [0.1, 0.15) is 17.6 Å². The lowest BCUT2D eigenvalue weighted by Crippen LogP contribution is -2.45. The molecule has 1 heterocycles. The fraction of sp³-hybridized carbons (Fsp3) is 0.667. The Morgan fingerprint density at radius 1 is 1.25 bits per heavy atom. The molecular weight excluding hydrogens is 319 g/mol. The Hall–Kier alpha value is -1.43. The fourth-order valence-electron chi connectivity index (χ4n) is 3.82. The largest absolute Gasteiger partial charge is 0.496 e. The molecule has 3 rings (SSSR count). The number of hydrogen-bond donors (Lipinski definition) is 1. The summed E-state index contributed by atoms with van der Waals surface area (Å²) in [4.78, 5) is 0. The lowest BCUT2D eigenvalue weighted by Gasteiger charge is -2.33. The van der Waals surface area contributed by atoms with Crippen molar-refractivity contribution in [1.82, 2.24) is 5.32 Å². The molecule has 1 N–H and O–H groups in total. The highest BCUT2D eigenvalue weighted by atomic mass is 19.4. The number of alkyl halides is 3. The van der Waals surface area contributed by atoms with Gasteiger partial charge in [0, 0.05) is 30.1 Å². The second-order valence-electron chi connectivity index (χ2n) is 6.82. The minimum atomic E-state index is -4.14. The number of fused-ring (bicyclic) bond motifs is 1. The molecule has 0 aromatic heterocycles. The van der Waals surface area contributed by atoms with Crippen LogP contribution < -0.4 is 14.8 Å². The maximum atomic E-state index is 13.2. The Labute approximate surface area is 140 Å². The number of nitrogens with one attached hydrogen (secondary N) is 1. The normalized spacial score (nSPS) is 26.8. The zero-order valence-electron chi connectivity index (χ0n) is 14.1. The lowest BCUT2D eigenvalue weighted by atomic mass is 9.84. The highest BCUT2D eigenvalue weighted by Gasteiger charge is 2.45. The Bertz CT molecular complexity index is 588. The van der Waals surface area contributed by atoms with E-state index in [2.05, 4.69) is 5.32 Å². The second kappa shape index (κ2) is 6.82. The Morgan fingerprint density at radius 3 is 2.71 bits per heavy atom. The van der Waals surface area contributed by atoms with Gasteiger partial charge in [0.05, 0.1) is 13.0 Å². The third-order valence-electron chi connectivity index (χ3n) is 5.04. The summed E-state index contributed by atoms with van der Waals surface area (Å²) < 4.78 is 50.8. The molecule has 1 fully saturated rings. The van der Waals surface area contributed by atoms with E-state index in [-0.39, 0.29) is 12.5 Å². The van der Waals surface area contributed by atoms with Gasteiger partial charge in [0.15, 0.2) is 0 Å².